The molecule has 7 aromatic carbocycles. The molecule has 3 atom stereocenters. The van der Waals surface area contributed by atoms with Crippen molar-refractivity contribution in [3.63, 3.8) is 0 Å². The van der Waals surface area contributed by atoms with E-state index in [0.717, 1.165) is 27.8 Å². The lowest BCUT2D eigenvalue weighted by Gasteiger charge is -2.19. The molecule has 26 nitrogen and oxygen atoms in total. The van der Waals surface area contributed by atoms with Gasteiger partial charge in [-0.15, -0.1) is 0 Å². The Morgan fingerprint density at radius 1 is 0.358 bits per heavy atom. The highest BCUT2D eigenvalue weighted by atomic mass is 35.5. The molecule has 0 bridgehead atoms. The number of methoxy groups -OCH3 is 4. The summed E-state index contributed by atoms with van der Waals surface area (Å²) in [5, 5.41) is 8.71. The van der Waals surface area contributed by atoms with E-state index >= 15 is 0 Å². The first-order chi connectivity index (χ1) is 51.0. The summed E-state index contributed by atoms with van der Waals surface area (Å²) in [7, 11) is 6.14. The summed E-state index contributed by atoms with van der Waals surface area (Å²) in [6.45, 7) is 14.9. The van der Waals surface area contributed by atoms with Crippen molar-refractivity contribution in [3.05, 3.63) is 261 Å². The molecule has 0 saturated heterocycles. The Morgan fingerprint density at radius 3 is 1.13 bits per heavy atom. The van der Waals surface area contributed by atoms with Crippen LogP contribution in [-0.4, -0.2) is 128 Å². The number of amides is 3. The fourth-order valence-corrected chi connectivity index (χ4v) is 11.9. The Bertz CT molecular complexity index is 5530. The van der Waals surface area contributed by atoms with Crippen molar-refractivity contribution in [2.45, 2.75) is 73.5 Å². The van der Waals surface area contributed by atoms with Gasteiger partial charge >= 0.3 is 0 Å². The first-order valence-electron chi connectivity index (χ1n) is 33.0. The van der Waals surface area contributed by atoms with Crippen LogP contribution in [0.4, 0.5) is 17.1 Å². The third kappa shape index (κ3) is 16.0. The molecule has 0 radical (unpaired) electrons. The van der Waals surface area contributed by atoms with Gasteiger partial charge in [0.2, 0.25) is 0 Å². The Kier molecular flexibility index (Phi) is 22.6. The number of rotatable bonds is 21. The summed E-state index contributed by atoms with van der Waals surface area (Å²) in [6.07, 6.45) is 8.41. The molecule has 0 spiro atoms. The number of ketones is 4. The lowest BCUT2D eigenvalue weighted by molar-refractivity contribution is -0.118. The minimum Gasteiger partial charge on any atom is -0.497 e. The molecule has 13 rings (SSSR count). The van der Waals surface area contributed by atoms with Crippen LogP contribution in [0.3, 0.4) is 0 Å². The van der Waals surface area contributed by atoms with Gasteiger partial charge in [-0.3, -0.25) is 47.3 Å². The third-order valence-corrected chi connectivity index (χ3v) is 17.8. The number of ether oxygens (including phenoxy) is 4. The average Bonchev–Trinajstić information content (AvgIpc) is 1.60. The van der Waals surface area contributed by atoms with Crippen LogP contribution >= 0.6 is 11.6 Å². The summed E-state index contributed by atoms with van der Waals surface area (Å²) in [4.78, 5) is 134. The van der Waals surface area contributed by atoms with Crippen LogP contribution in [0.5, 0.6) is 23.0 Å². The van der Waals surface area contributed by atoms with Gasteiger partial charge in [0.15, 0.2) is 58.2 Å². The number of carbonyl (C=O) groups is 7. The maximum atomic E-state index is 13.9. The summed E-state index contributed by atoms with van der Waals surface area (Å²) >= 11 is 6.45. The number of halogens is 1. The lowest BCUT2D eigenvalue weighted by Crippen LogP contribution is -2.32. The van der Waals surface area contributed by atoms with Gasteiger partial charge in [-0.25, -0.2) is 44.9 Å². The molecule has 6 aromatic heterocycles. The van der Waals surface area contributed by atoms with Gasteiger partial charge in [0.1, 0.15) is 58.5 Å². The number of anilines is 3. The molecular weight excluding hydrogens is 1370 g/mol. The maximum absolute atomic E-state index is 13.9. The van der Waals surface area contributed by atoms with Gasteiger partial charge in [0, 0.05) is 33.5 Å². The average molecular weight is 1440 g/mol. The topological polar surface area (TPSA) is 323 Å². The van der Waals surface area contributed by atoms with Gasteiger partial charge in [0.05, 0.1) is 80.9 Å². The van der Waals surface area contributed by atoms with Crippen molar-refractivity contribution >= 4 is 103 Å². The normalized spacial score (nSPS) is 11.8. The van der Waals surface area contributed by atoms with E-state index < -0.39 is 47.4 Å². The number of imidazole rings is 3. The van der Waals surface area contributed by atoms with Gasteiger partial charge in [-0.1, -0.05) is 53.6 Å². The van der Waals surface area contributed by atoms with Crippen molar-refractivity contribution < 1.29 is 52.5 Å². The van der Waals surface area contributed by atoms with E-state index in [1.54, 1.807) is 132 Å². The SMILES string of the molecule is COc1ccc(C(=O)C(C(=O)Nc2cc(C(=O)c3ccc(C)cc3C)ccc2Cl)n2cnc3c(C)ncnc32)cc1.COc1ccc(C(=O)C(C(=O)Nc2cc(C)ccc2C)n2cnc3c(C)ncnc32)cc1.COc1ccc(C(=O)C(C(=O)Nc2ccc(C)cc2OC)n2cnc3c(C)ncnc32)cc1. The van der Waals surface area contributed by atoms with Gasteiger partial charge < -0.3 is 34.9 Å². The molecule has 3 unspecified atom stereocenters. The number of aromatic nitrogens is 12. The van der Waals surface area contributed by atoms with Crippen LogP contribution < -0.4 is 34.9 Å². The van der Waals surface area contributed by atoms with Crippen molar-refractivity contribution in [1.82, 2.24) is 58.6 Å². The smallest absolute Gasteiger partial charge is 0.255 e. The Balaban J connectivity index is 0.000000160. The lowest BCUT2D eigenvalue weighted by atomic mass is 9.97. The monoisotopic (exact) mass is 1440 g/mol. The van der Waals surface area contributed by atoms with Crippen LogP contribution in [0.25, 0.3) is 33.5 Å². The first kappa shape index (κ1) is 74.0. The zero-order valence-corrected chi connectivity index (χ0v) is 60.5. The van der Waals surface area contributed by atoms with E-state index in [1.165, 1.54) is 78.0 Å². The highest BCUT2D eigenvalue weighted by Gasteiger charge is 2.36. The van der Waals surface area contributed by atoms with Crippen LogP contribution in [0.2, 0.25) is 5.02 Å². The van der Waals surface area contributed by atoms with E-state index in [9.17, 15) is 33.6 Å². The number of hydrogen-bond donors (Lipinski definition) is 3. The number of nitrogens with zero attached hydrogens (tertiary/aromatic N) is 12. The van der Waals surface area contributed by atoms with Crippen molar-refractivity contribution in [3.8, 4) is 23.0 Å². The Morgan fingerprint density at radius 2 is 0.726 bits per heavy atom. The van der Waals surface area contributed by atoms with Crippen LogP contribution in [-0.2, 0) is 14.4 Å². The number of hydrogen-bond acceptors (Lipinski definition) is 20. The predicted octanol–water partition coefficient (Wildman–Crippen LogP) is 13.1. The molecule has 0 saturated carbocycles. The molecule has 0 aliphatic carbocycles. The minimum absolute atomic E-state index is 0.190. The largest absolute Gasteiger partial charge is 0.497 e. The zero-order chi connectivity index (χ0) is 75.6. The number of benzene rings is 7. The van der Waals surface area contributed by atoms with E-state index in [-0.39, 0.29) is 27.8 Å². The number of fused-ring (bicyclic) bond motifs is 3. The molecule has 6 heterocycles. The molecule has 106 heavy (non-hydrogen) atoms. The van der Waals surface area contributed by atoms with E-state index in [1.807, 2.05) is 71.0 Å². The van der Waals surface area contributed by atoms with Crippen LogP contribution in [0.1, 0.15) is 110 Å². The van der Waals surface area contributed by atoms with Crippen molar-refractivity contribution in [2.24, 2.45) is 0 Å². The van der Waals surface area contributed by atoms with Gasteiger partial charge in [-0.2, -0.15) is 0 Å². The van der Waals surface area contributed by atoms with Crippen molar-refractivity contribution in [1.29, 1.82) is 0 Å². The van der Waals surface area contributed by atoms with E-state index in [4.69, 9.17) is 30.5 Å². The Labute approximate surface area is 613 Å². The second-order valence-corrected chi connectivity index (χ2v) is 25.1. The number of Topliss-reactive ketones (excluding diaryl/α,β-unsaturated/α-hetero) is 3. The number of carbonyl (C=O) groups excluding carboxylic acids is 7. The molecule has 13 aromatic rings. The Hall–Kier alpha value is -13.2. The second kappa shape index (κ2) is 32.4. The fraction of sp³-hybridized carbons (Fsp3) is 0.190. The van der Waals surface area contributed by atoms with Gasteiger partial charge in [-0.05, 0) is 187 Å². The second-order valence-electron chi connectivity index (χ2n) is 24.7. The highest BCUT2D eigenvalue weighted by Crippen LogP contribution is 2.33. The number of nitrogens with one attached hydrogen (secondary N) is 3. The maximum Gasteiger partial charge on any atom is 0.255 e. The quantitative estimate of drug-likeness (QED) is 0.0444. The molecule has 0 aliphatic rings. The fourth-order valence-electron chi connectivity index (χ4n) is 11.7. The molecule has 3 N–H and O–H groups in total. The molecule has 0 fully saturated rings. The summed E-state index contributed by atoms with van der Waals surface area (Å²) < 4.78 is 25.3. The standard InChI is InChI=1S/C31H26ClN5O4.C24H23N5O4.C24H23N5O3/c1-17-5-11-23(18(2)13-17)28(38)21-8-12-24(32)25(14-21)36-31(40)27(29(39)20-6-9-22(41-4)10-7-20)37-16-35-26-19(3)33-15-34-30(26)37;1-14-5-10-18(19(11-14)33-4)28-24(31)21(22(30)16-6-8-17(32-3)9-7-16)29-13-27-20-15(2)25-12-26-23(20)29;1-14-5-6-15(2)19(11-14)28-24(31)21(22(30)17-7-9-18(32-4)10-8-17)29-13-27-20-16(3)25-12-26-23(20)29/h5-16,27H,1-4H3,(H,36,40);5-13,21H,1-4H3,(H,28,31);5-13,21H,1-4H3,(H,28,31). The number of aryl methyl sites for hydroxylation is 8. The summed E-state index contributed by atoms with van der Waals surface area (Å²) in [5.74, 6) is -0.940. The molecular formula is C79H72ClN15O11. The van der Waals surface area contributed by atoms with Crippen LogP contribution in [0.15, 0.2) is 184 Å². The third-order valence-electron chi connectivity index (χ3n) is 17.5. The molecule has 3 amide bonds. The summed E-state index contributed by atoms with van der Waals surface area (Å²) in [5.41, 5.74) is 12.5. The molecule has 27 heteroatoms. The van der Waals surface area contributed by atoms with E-state index in [0.29, 0.717) is 107 Å². The van der Waals surface area contributed by atoms with E-state index in [2.05, 4.69) is 60.8 Å². The molecule has 536 valence electrons. The van der Waals surface area contributed by atoms with Crippen molar-refractivity contribution in [2.75, 3.05) is 44.4 Å². The highest BCUT2D eigenvalue weighted by molar-refractivity contribution is 6.34. The first-order valence-corrected chi connectivity index (χ1v) is 33.4. The van der Waals surface area contributed by atoms with Crippen LogP contribution in [0, 0.1) is 55.4 Å². The molecule has 0 aliphatic heterocycles. The zero-order valence-electron chi connectivity index (χ0n) is 59.8. The minimum atomic E-state index is -1.39. The van der Waals surface area contributed by atoms with Gasteiger partial charge in [0.25, 0.3) is 17.7 Å². The summed E-state index contributed by atoms with van der Waals surface area (Å²) in [6, 6.07) is 37.2. The predicted molar refractivity (Wildman–Crippen MR) is 400 cm³/mol.